The van der Waals surface area contributed by atoms with Crippen LogP contribution in [0.5, 0.6) is 0 Å². The van der Waals surface area contributed by atoms with Crippen molar-refractivity contribution in [3.05, 3.63) is 65.4 Å². The van der Waals surface area contributed by atoms with Crippen LogP contribution in [-0.4, -0.2) is 30.8 Å². The molecule has 4 rings (SSSR count). The molecule has 174 valence electrons. The van der Waals surface area contributed by atoms with E-state index in [1.165, 1.54) is 44.9 Å². The van der Waals surface area contributed by atoms with Crippen LogP contribution in [0.4, 0.5) is 0 Å². The zero-order valence-corrected chi connectivity index (χ0v) is 19.5. The summed E-state index contributed by atoms with van der Waals surface area (Å²) in [4.78, 5) is 20.8. The normalized spacial score (nSPS) is 14.5. The van der Waals surface area contributed by atoms with Crippen LogP contribution < -0.4 is 0 Å². The van der Waals surface area contributed by atoms with E-state index in [9.17, 15) is 9.90 Å². The molecule has 1 saturated carbocycles. The average Bonchev–Trinajstić information content (AvgIpc) is 3.21. The number of benzene rings is 1. The first kappa shape index (κ1) is 23.1. The Morgan fingerprint density at radius 3 is 2.61 bits per heavy atom. The van der Waals surface area contributed by atoms with Crippen LogP contribution in [0.1, 0.15) is 85.9 Å². The second-order valence-corrected chi connectivity index (χ2v) is 9.17. The van der Waals surface area contributed by atoms with Crippen molar-refractivity contribution in [1.82, 2.24) is 19.7 Å². The quantitative estimate of drug-likeness (QED) is 0.390. The maximum Gasteiger partial charge on any atom is 0.337 e. The van der Waals surface area contributed by atoms with E-state index >= 15 is 0 Å². The molecule has 6 nitrogen and oxygen atoms in total. The second-order valence-electron chi connectivity index (χ2n) is 9.17. The summed E-state index contributed by atoms with van der Waals surface area (Å²) in [5, 5.41) is 14.4. The summed E-state index contributed by atoms with van der Waals surface area (Å²) in [5.74, 6) is 1.83. The van der Waals surface area contributed by atoms with Crippen molar-refractivity contribution in [3.8, 4) is 11.3 Å². The van der Waals surface area contributed by atoms with Gasteiger partial charge in [-0.1, -0.05) is 76.1 Å². The Balaban J connectivity index is 1.51. The van der Waals surface area contributed by atoms with Gasteiger partial charge in [0.1, 0.15) is 5.82 Å². The number of carbonyl (C=O) groups is 1. The highest BCUT2D eigenvalue weighted by Crippen LogP contribution is 2.26. The highest BCUT2D eigenvalue weighted by atomic mass is 16.4. The molecule has 33 heavy (non-hydrogen) atoms. The Morgan fingerprint density at radius 2 is 1.88 bits per heavy atom. The summed E-state index contributed by atoms with van der Waals surface area (Å²) in [6, 6.07) is 11.2. The molecule has 1 fully saturated rings. The van der Waals surface area contributed by atoms with E-state index in [4.69, 9.17) is 10.1 Å². The Hall–Kier alpha value is -3.02. The fraction of sp³-hybridized carbons (Fsp3) is 0.481. The molecule has 6 heteroatoms. The van der Waals surface area contributed by atoms with E-state index in [-0.39, 0.29) is 5.56 Å². The van der Waals surface area contributed by atoms with E-state index in [0.29, 0.717) is 12.2 Å². The lowest BCUT2D eigenvalue weighted by Gasteiger charge is -2.19. The molecule has 0 radical (unpaired) electrons. The number of rotatable bonds is 10. The Labute approximate surface area is 196 Å². The third-order valence-corrected chi connectivity index (χ3v) is 6.59. The average molecular weight is 447 g/mol. The minimum atomic E-state index is -0.966. The Morgan fingerprint density at radius 1 is 1.09 bits per heavy atom. The topological polar surface area (TPSA) is 80.9 Å². The summed E-state index contributed by atoms with van der Waals surface area (Å²) in [6.45, 7) is 2.89. The molecule has 0 spiro atoms. The zero-order valence-electron chi connectivity index (χ0n) is 19.5. The summed E-state index contributed by atoms with van der Waals surface area (Å²) in [5.41, 5.74) is 2.63. The maximum atomic E-state index is 11.5. The van der Waals surface area contributed by atoms with Gasteiger partial charge in [0.2, 0.25) is 0 Å². The van der Waals surface area contributed by atoms with Crippen LogP contribution in [0.3, 0.4) is 0 Å². The third-order valence-electron chi connectivity index (χ3n) is 6.59. The number of pyridine rings is 1. The van der Waals surface area contributed by atoms with Gasteiger partial charge in [0.05, 0.1) is 17.8 Å². The van der Waals surface area contributed by atoms with E-state index in [1.54, 1.807) is 18.3 Å². The van der Waals surface area contributed by atoms with Crippen LogP contribution in [-0.2, 0) is 19.4 Å². The van der Waals surface area contributed by atoms with Crippen molar-refractivity contribution in [2.75, 3.05) is 0 Å². The van der Waals surface area contributed by atoms with E-state index in [0.717, 1.165) is 48.0 Å². The van der Waals surface area contributed by atoms with Crippen molar-refractivity contribution < 1.29 is 9.90 Å². The predicted molar refractivity (Wildman–Crippen MR) is 129 cm³/mol. The van der Waals surface area contributed by atoms with Crippen molar-refractivity contribution in [3.63, 3.8) is 0 Å². The summed E-state index contributed by atoms with van der Waals surface area (Å²) in [7, 11) is 0. The molecule has 1 aliphatic carbocycles. The monoisotopic (exact) mass is 446 g/mol. The highest BCUT2D eigenvalue weighted by Gasteiger charge is 2.18. The Bertz CT molecular complexity index is 1050. The highest BCUT2D eigenvalue weighted by molar-refractivity contribution is 5.94. The predicted octanol–water partition coefficient (Wildman–Crippen LogP) is 5.94. The molecule has 2 heterocycles. The van der Waals surface area contributed by atoms with Crippen LogP contribution in [0, 0.1) is 5.92 Å². The number of carboxylic acids is 1. The van der Waals surface area contributed by atoms with Crippen LogP contribution in [0.2, 0.25) is 0 Å². The largest absolute Gasteiger partial charge is 0.478 e. The van der Waals surface area contributed by atoms with Gasteiger partial charge in [-0.2, -0.15) is 5.10 Å². The third kappa shape index (κ3) is 6.06. The summed E-state index contributed by atoms with van der Waals surface area (Å²) in [6.07, 6.45) is 13.7. The number of hydrogen-bond acceptors (Lipinski definition) is 4. The van der Waals surface area contributed by atoms with Crippen LogP contribution in [0.25, 0.3) is 11.3 Å². The van der Waals surface area contributed by atoms with Crippen molar-refractivity contribution in [1.29, 1.82) is 0 Å². The standard InChI is InChI=1S/C27H34N4O2/c1-2-3-5-12-25-29-24(18-20-9-6-4-7-10-20)30-31(25)19-21-13-15-22(16-14-21)26-23(27(32)33)11-8-17-28-26/h8,11,13-17,20H,2-7,9-10,12,18-19H2,1H3,(H,32,33). The number of aromatic nitrogens is 4. The molecular formula is C27H34N4O2. The summed E-state index contributed by atoms with van der Waals surface area (Å²) >= 11 is 0. The molecule has 0 bridgehead atoms. The fourth-order valence-electron chi connectivity index (χ4n) is 4.76. The van der Waals surface area contributed by atoms with Crippen molar-refractivity contribution in [2.45, 2.75) is 77.7 Å². The number of unbranched alkanes of at least 4 members (excludes halogenated alkanes) is 2. The number of aromatic carboxylic acids is 1. The summed E-state index contributed by atoms with van der Waals surface area (Å²) < 4.78 is 2.08. The lowest BCUT2D eigenvalue weighted by Crippen LogP contribution is -2.11. The van der Waals surface area contributed by atoms with E-state index in [2.05, 4.69) is 16.6 Å². The first-order valence-electron chi connectivity index (χ1n) is 12.3. The van der Waals surface area contributed by atoms with Crippen LogP contribution in [0.15, 0.2) is 42.6 Å². The lowest BCUT2D eigenvalue weighted by atomic mass is 9.87. The number of aryl methyl sites for hydroxylation is 1. The van der Waals surface area contributed by atoms with E-state index < -0.39 is 5.97 Å². The van der Waals surface area contributed by atoms with Gasteiger partial charge in [-0.05, 0) is 30.0 Å². The molecule has 1 aromatic carbocycles. The molecule has 1 N–H and O–H groups in total. The SMILES string of the molecule is CCCCCc1nc(CC2CCCCC2)nn1Cc1ccc(-c2ncccc2C(=O)O)cc1. The van der Waals surface area contributed by atoms with Gasteiger partial charge in [0.25, 0.3) is 0 Å². The smallest absolute Gasteiger partial charge is 0.337 e. The van der Waals surface area contributed by atoms with Gasteiger partial charge in [-0.3, -0.25) is 4.98 Å². The molecule has 3 aromatic rings. The maximum absolute atomic E-state index is 11.5. The fourth-order valence-corrected chi connectivity index (χ4v) is 4.76. The van der Waals surface area contributed by atoms with Gasteiger partial charge in [0, 0.05) is 24.6 Å². The second kappa shape index (κ2) is 11.2. The molecule has 0 atom stereocenters. The number of nitrogens with zero attached hydrogens (tertiary/aromatic N) is 4. The minimum absolute atomic E-state index is 0.215. The molecular weight excluding hydrogens is 412 g/mol. The van der Waals surface area contributed by atoms with Gasteiger partial charge in [0.15, 0.2) is 5.82 Å². The van der Waals surface area contributed by atoms with Crippen molar-refractivity contribution >= 4 is 5.97 Å². The molecule has 2 aromatic heterocycles. The molecule has 0 unspecified atom stereocenters. The van der Waals surface area contributed by atoms with Crippen molar-refractivity contribution in [2.24, 2.45) is 5.92 Å². The minimum Gasteiger partial charge on any atom is -0.478 e. The molecule has 0 saturated heterocycles. The lowest BCUT2D eigenvalue weighted by molar-refractivity contribution is 0.0697. The zero-order chi connectivity index (χ0) is 23.0. The van der Waals surface area contributed by atoms with E-state index in [1.807, 2.05) is 24.3 Å². The number of carboxylic acid groups (broad SMARTS) is 1. The molecule has 0 aliphatic heterocycles. The first-order valence-corrected chi connectivity index (χ1v) is 12.3. The number of hydrogen-bond donors (Lipinski definition) is 1. The first-order chi connectivity index (χ1) is 16.1. The van der Waals surface area contributed by atoms with Gasteiger partial charge < -0.3 is 5.11 Å². The Kier molecular flexibility index (Phi) is 7.87. The van der Waals surface area contributed by atoms with Gasteiger partial charge in [-0.25, -0.2) is 14.5 Å². The molecule has 1 aliphatic rings. The molecule has 0 amide bonds. The van der Waals surface area contributed by atoms with Gasteiger partial charge >= 0.3 is 5.97 Å². The van der Waals surface area contributed by atoms with Gasteiger partial charge in [-0.15, -0.1) is 0 Å². The van der Waals surface area contributed by atoms with Crippen LogP contribution >= 0.6 is 0 Å².